The van der Waals surface area contributed by atoms with Gasteiger partial charge < -0.3 is 5.43 Å². The third-order valence-electron chi connectivity index (χ3n) is 3.19. The summed E-state index contributed by atoms with van der Waals surface area (Å²) in [4.78, 5) is 9.01. The van der Waals surface area contributed by atoms with E-state index in [4.69, 9.17) is 0 Å². The van der Waals surface area contributed by atoms with E-state index in [1.807, 2.05) is 30.5 Å². The normalized spacial score (nSPS) is 10.8. The molecule has 0 aliphatic heterocycles. The highest BCUT2D eigenvalue weighted by atomic mass is 15.4. The zero-order valence-electron chi connectivity index (χ0n) is 11.1. The molecule has 0 aliphatic carbocycles. The lowest BCUT2D eigenvalue weighted by Crippen LogP contribution is -2.17. The highest BCUT2D eigenvalue weighted by Gasteiger charge is 2.02. The second-order valence-electron chi connectivity index (χ2n) is 4.64. The first-order chi connectivity index (χ1) is 9.24. The van der Waals surface area contributed by atoms with Crippen LogP contribution in [0.5, 0.6) is 0 Å². The maximum atomic E-state index is 4.60. The summed E-state index contributed by atoms with van der Waals surface area (Å²) in [6.07, 6.45) is 1.82. The zero-order valence-corrected chi connectivity index (χ0v) is 11.1. The summed E-state index contributed by atoms with van der Waals surface area (Å²) in [6, 6.07) is 12.1. The Bertz CT molecular complexity index is 695. The van der Waals surface area contributed by atoms with Crippen molar-refractivity contribution in [1.29, 1.82) is 0 Å². The molecule has 19 heavy (non-hydrogen) atoms. The van der Waals surface area contributed by atoms with Crippen LogP contribution < -0.4 is 5.43 Å². The van der Waals surface area contributed by atoms with Crippen LogP contribution >= 0.6 is 0 Å². The molecular formula is C15H16N4. The van der Waals surface area contributed by atoms with Gasteiger partial charge in [-0.15, -0.1) is 0 Å². The summed E-state index contributed by atoms with van der Waals surface area (Å²) in [6.45, 7) is 4.81. The lowest BCUT2D eigenvalue weighted by atomic mass is 10.3. The van der Waals surface area contributed by atoms with Crippen LogP contribution in [0.3, 0.4) is 0 Å². The molecule has 0 fully saturated rings. The van der Waals surface area contributed by atoms with Gasteiger partial charge in [-0.2, -0.15) is 0 Å². The fraction of sp³-hybridized carbons (Fsp3) is 0.200. The van der Waals surface area contributed by atoms with Crippen molar-refractivity contribution in [3.05, 3.63) is 59.7 Å². The van der Waals surface area contributed by atoms with Crippen molar-refractivity contribution < 1.29 is 0 Å². The van der Waals surface area contributed by atoms with Gasteiger partial charge in [0.05, 0.1) is 29.5 Å². The molecule has 1 aromatic carbocycles. The number of hydrogen-bond acceptors (Lipinski definition) is 3. The van der Waals surface area contributed by atoms with Gasteiger partial charge in [0.25, 0.3) is 0 Å². The molecule has 0 saturated heterocycles. The Labute approximate surface area is 112 Å². The minimum Gasteiger partial charge on any atom is -0.320 e. The lowest BCUT2D eigenvalue weighted by molar-refractivity contribution is 0.780. The molecule has 0 aliphatic rings. The second kappa shape index (κ2) is 4.72. The van der Waals surface area contributed by atoms with Crippen LogP contribution in [0.25, 0.3) is 11.0 Å². The van der Waals surface area contributed by atoms with E-state index in [-0.39, 0.29) is 0 Å². The van der Waals surface area contributed by atoms with Crippen LogP contribution in [0.1, 0.15) is 17.1 Å². The van der Waals surface area contributed by atoms with E-state index in [1.54, 1.807) is 0 Å². The van der Waals surface area contributed by atoms with Gasteiger partial charge in [-0.05, 0) is 38.1 Å². The van der Waals surface area contributed by atoms with Gasteiger partial charge in [-0.25, -0.2) is 4.98 Å². The Morgan fingerprint density at radius 1 is 1.00 bits per heavy atom. The molecule has 4 nitrogen and oxygen atoms in total. The Morgan fingerprint density at radius 3 is 2.42 bits per heavy atom. The first kappa shape index (κ1) is 11.7. The van der Waals surface area contributed by atoms with Crippen molar-refractivity contribution in [1.82, 2.24) is 14.6 Å². The number of aromatic nitrogens is 3. The molecule has 0 unspecified atom stereocenters. The topological polar surface area (TPSA) is 42.7 Å². The molecule has 3 rings (SSSR count). The molecule has 2 aromatic heterocycles. The number of nitrogens with one attached hydrogen (secondary N) is 1. The number of aryl methyl sites for hydroxylation is 2. The minimum absolute atomic E-state index is 0.661. The van der Waals surface area contributed by atoms with E-state index in [2.05, 4.69) is 46.1 Å². The van der Waals surface area contributed by atoms with Crippen molar-refractivity contribution in [3.63, 3.8) is 0 Å². The third-order valence-corrected chi connectivity index (χ3v) is 3.19. The van der Waals surface area contributed by atoms with Crippen molar-refractivity contribution in [2.24, 2.45) is 0 Å². The summed E-state index contributed by atoms with van der Waals surface area (Å²) in [5.74, 6) is 0. The zero-order chi connectivity index (χ0) is 13.2. The molecule has 0 bridgehead atoms. The fourth-order valence-electron chi connectivity index (χ4n) is 2.16. The maximum absolute atomic E-state index is 4.60. The summed E-state index contributed by atoms with van der Waals surface area (Å²) < 4.78 is 2.07. The van der Waals surface area contributed by atoms with E-state index in [9.17, 15) is 0 Å². The van der Waals surface area contributed by atoms with Gasteiger partial charge in [-0.1, -0.05) is 12.1 Å². The summed E-state index contributed by atoms with van der Waals surface area (Å²) >= 11 is 0. The predicted octanol–water partition coefficient (Wildman–Crippen LogP) is 2.79. The second-order valence-corrected chi connectivity index (χ2v) is 4.64. The SMILES string of the molecule is Cc1ccc(C)n1NCc1cnc2ccccc2n1. The van der Waals surface area contributed by atoms with Gasteiger partial charge in [0, 0.05) is 11.4 Å². The average molecular weight is 252 g/mol. The minimum atomic E-state index is 0.661. The summed E-state index contributed by atoms with van der Waals surface area (Å²) in [7, 11) is 0. The van der Waals surface area contributed by atoms with E-state index in [1.165, 1.54) is 11.4 Å². The van der Waals surface area contributed by atoms with Crippen LogP contribution in [-0.2, 0) is 6.54 Å². The molecule has 0 amide bonds. The number of fused-ring (bicyclic) bond motifs is 1. The van der Waals surface area contributed by atoms with Crippen LogP contribution in [0, 0.1) is 13.8 Å². The van der Waals surface area contributed by atoms with Crippen LogP contribution in [0.4, 0.5) is 0 Å². The molecule has 0 saturated carbocycles. The summed E-state index contributed by atoms with van der Waals surface area (Å²) in [5.41, 5.74) is 8.53. The number of para-hydroxylation sites is 2. The van der Waals surface area contributed by atoms with E-state index < -0.39 is 0 Å². The highest BCUT2D eigenvalue weighted by Crippen LogP contribution is 2.09. The molecule has 2 heterocycles. The predicted molar refractivity (Wildman–Crippen MR) is 76.5 cm³/mol. The average Bonchev–Trinajstić information content (AvgIpc) is 2.76. The molecule has 0 spiro atoms. The van der Waals surface area contributed by atoms with Crippen LogP contribution in [-0.4, -0.2) is 14.6 Å². The van der Waals surface area contributed by atoms with Crippen LogP contribution in [0.15, 0.2) is 42.6 Å². The van der Waals surface area contributed by atoms with E-state index in [0.29, 0.717) is 6.54 Å². The monoisotopic (exact) mass is 252 g/mol. The van der Waals surface area contributed by atoms with Crippen molar-refractivity contribution in [2.75, 3.05) is 5.43 Å². The van der Waals surface area contributed by atoms with Crippen molar-refractivity contribution in [3.8, 4) is 0 Å². The lowest BCUT2D eigenvalue weighted by Gasteiger charge is -2.12. The number of rotatable bonds is 3. The van der Waals surface area contributed by atoms with Gasteiger partial charge in [0.1, 0.15) is 0 Å². The fourth-order valence-corrected chi connectivity index (χ4v) is 2.16. The molecule has 1 N–H and O–H groups in total. The van der Waals surface area contributed by atoms with Gasteiger partial charge in [0.2, 0.25) is 0 Å². The number of nitrogens with zero attached hydrogens (tertiary/aromatic N) is 3. The molecular weight excluding hydrogens is 236 g/mol. The van der Waals surface area contributed by atoms with Crippen LogP contribution in [0.2, 0.25) is 0 Å². The Balaban J connectivity index is 1.82. The first-order valence-electron chi connectivity index (χ1n) is 6.33. The van der Waals surface area contributed by atoms with Crippen molar-refractivity contribution >= 4 is 11.0 Å². The smallest absolute Gasteiger partial charge is 0.0890 e. The molecule has 4 heteroatoms. The van der Waals surface area contributed by atoms with Gasteiger partial charge >= 0.3 is 0 Å². The van der Waals surface area contributed by atoms with E-state index >= 15 is 0 Å². The van der Waals surface area contributed by atoms with E-state index in [0.717, 1.165) is 16.7 Å². The largest absolute Gasteiger partial charge is 0.320 e. The molecule has 0 atom stereocenters. The molecule has 3 aromatic rings. The first-order valence-corrected chi connectivity index (χ1v) is 6.33. The maximum Gasteiger partial charge on any atom is 0.0890 e. The van der Waals surface area contributed by atoms with Crippen molar-refractivity contribution in [2.45, 2.75) is 20.4 Å². The number of hydrogen-bond donors (Lipinski definition) is 1. The molecule has 0 radical (unpaired) electrons. The summed E-state index contributed by atoms with van der Waals surface area (Å²) in [5, 5.41) is 0. The van der Waals surface area contributed by atoms with Gasteiger partial charge in [0.15, 0.2) is 0 Å². The quantitative estimate of drug-likeness (QED) is 0.779. The Hall–Kier alpha value is -2.36. The third kappa shape index (κ3) is 2.29. The highest BCUT2D eigenvalue weighted by molar-refractivity contribution is 5.73. The standard InChI is InChI=1S/C15H16N4/c1-11-7-8-12(2)19(11)17-10-13-9-16-14-5-3-4-6-15(14)18-13/h3-9,17H,10H2,1-2H3. The molecule has 96 valence electrons. The Kier molecular flexibility index (Phi) is 2.91. The Morgan fingerprint density at radius 2 is 1.68 bits per heavy atom. The van der Waals surface area contributed by atoms with Gasteiger partial charge in [-0.3, -0.25) is 9.66 Å². The number of benzene rings is 1.